The summed E-state index contributed by atoms with van der Waals surface area (Å²) >= 11 is 0. The van der Waals surface area contributed by atoms with Gasteiger partial charge in [-0.3, -0.25) is 9.59 Å². The fraction of sp³-hybridized carbons (Fsp3) is 0.750. The van der Waals surface area contributed by atoms with Crippen molar-refractivity contribution in [2.75, 3.05) is 6.61 Å². The maximum absolute atomic E-state index is 12.7. The molecule has 0 fully saturated rings. The Hall–Kier alpha value is -1.35. The summed E-state index contributed by atoms with van der Waals surface area (Å²) in [5.41, 5.74) is 0. The summed E-state index contributed by atoms with van der Waals surface area (Å²) < 4.78 is 89.0. The van der Waals surface area contributed by atoms with Gasteiger partial charge < -0.3 is 4.74 Å². The minimum absolute atomic E-state index is 0.340. The van der Waals surface area contributed by atoms with E-state index in [4.69, 9.17) is 0 Å². The van der Waals surface area contributed by atoms with Crippen LogP contribution in [0.1, 0.15) is 13.3 Å². The van der Waals surface area contributed by atoms with Gasteiger partial charge in [-0.2, -0.15) is 30.7 Å². The van der Waals surface area contributed by atoms with Gasteiger partial charge >= 0.3 is 24.0 Å². The number of hydrogen-bond acceptors (Lipinski definition) is 3. The molecule has 0 heterocycles. The van der Waals surface area contributed by atoms with Crippen LogP contribution in [0, 0.1) is 0 Å². The Balaban J connectivity index is 5.04. The predicted octanol–water partition coefficient (Wildman–Crippen LogP) is 2.34. The molecule has 0 aromatic heterocycles. The molecule has 0 saturated heterocycles. The van der Waals surface area contributed by atoms with Crippen LogP contribution in [0.2, 0.25) is 0 Å². The second kappa shape index (κ2) is 5.11. The van der Waals surface area contributed by atoms with Crippen LogP contribution in [0.5, 0.6) is 0 Å². The molecule has 18 heavy (non-hydrogen) atoms. The summed E-state index contributed by atoms with van der Waals surface area (Å²) in [5, 5.41) is 0. The fourth-order valence-corrected chi connectivity index (χ4v) is 0.807. The van der Waals surface area contributed by atoms with Gasteiger partial charge in [0.05, 0.1) is 6.61 Å². The van der Waals surface area contributed by atoms with E-state index in [9.17, 15) is 40.3 Å². The number of halogens is 7. The molecule has 0 amide bonds. The van der Waals surface area contributed by atoms with Crippen molar-refractivity contribution in [3.8, 4) is 0 Å². The normalized spacial score (nSPS) is 13.3. The van der Waals surface area contributed by atoms with Crippen molar-refractivity contribution in [1.29, 1.82) is 0 Å². The van der Waals surface area contributed by atoms with Crippen LogP contribution in [-0.2, 0) is 14.3 Å². The Morgan fingerprint density at radius 2 is 1.44 bits per heavy atom. The topological polar surface area (TPSA) is 43.4 Å². The maximum atomic E-state index is 12.7. The van der Waals surface area contributed by atoms with Crippen LogP contribution in [-0.4, -0.2) is 36.4 Å². The van der Waals surface area contributed by atoms with E-state index in [-0.39, 0.29) is 6.61 Å². The molecule has 0 N–H and O–H groups in total. The second-order valence-electron chi connectivity index (χ2n) is 3.05. The molecule has 0 radical (unpaired) electrons. The van der Waals surface area contributed by atoms with Crippen LogP contribution in [0.25, 0.3) is 0 Å². The molecule has 0 aliphatic heterocycles. The predicted molar refractivity (Wildman–Crippen MR) is 42.2 cm³/mol. The smallest absolute Gasteiger partial charge is 0.460 e. The summed E-state index contributed by atoms with van der Waals surface area (Å²) in [6.07, 6.45) is -8.48. The average Bonchev–Trinajstić information content (AvgIpc) is 2.15. The number of alkyl halides is 7. The average molecular weight is 284 g/mol. The van der Waals surface area contributed by atoms with Crippen LogP contribution in [0.4, 0.5) is 30.7 Å². The van der Waals surface area contributed by atoms with Crippen molar-refractivity contribution in [3.63, 3.8) is 0 Å². The molecule has 10 heteroatoms. The van der Waals surface area contributed by atoms with Gasteiger partial charge in [0.1, 0.15) is 6.42 Å². The molecule has 0 unspecified atom stereocenters. The molecule has 0 aliphatic rings. The standard InChI is InChI=1S/C8H7F7O3/c1-2-18-5(17)3-4(16)6(9,10)7(11,12)8(13,14)15/h2-3H2,1H3. The van der Waals surface area contributed by atoms with Gasteiger partial charge in [-0.05, 0) is 6.92 Å². The van der Waals surface area contributed by atoms with E-state index in [2.05, 4.69) is 4.74 Å². The molecular weight excluding hydrogens is 277 g/mol. The minimum Gasteiger partial charge on any atom is -0.466 e. The van der Waals surface area contributed by atoms with Crippen molar-refractivity contribution in [2.24, 2.45) is 0 Å². The first-order valence-electron chi connectivity index (χ1n) is 4.39. The lowest BCUT2D eigenvalue weighted by Crippen LogP contribution is -2.56. The number of esters is 1. The first kappa shape index (κ1) is 16.6. The zero-order valence-corrected chi connectivity index (χ0v) is 8.78. The zero-order valence-electron chi connectivity index (χ0n) is 8.78. The zero-order chi connectivity index (χ0) is 14.8. The van der Waals surface area contributed by atoms with Gasteiger partial charge in [-0.15, -0.1) is 0 Å². The van der Waals surface area contributed by atoms with Crippen molar-refractivity contribution in [2.45, 2.75) is 31.4 Å². The highest BCUT2D eigenvalue weighted by atomic mass is 19.4. The Morgan fingerprint density at radius 1 is 1.00 bits per heavy atom. The summed E-state index contributed by atoms with van der Waals surface area (Å²) in [6.45, 7) is 0.887. The lowest BCUT2D eigenvalue weighted by Gasteiger charge is -2.26. The number of Topliss-reactive ketones (excluding diaryl/α,β-unsaturated/α-hetero) is 1. The number of carbonyl (C=O) groups is 2. The highest BCUT2D eigenvalue weighted by Crippen LogP contribution is 2.47. The summed E-state index contributed by atoms with van der Waals surface area (Å²) in [6, 6.07) is 0. The maximum Gasteiger partial charge on any atom is 0.460 e. The number of rotatable bonds is 5. The largest absolute Gasteiger partial charge is 0.466 e. The van der Waals surface area contributed by atoms with Crippen molar-refractivity contribution in [1.82, 2.24) is 0 Å². The third kappa shape index (κ3) is 3.10. The fourth-order valence-electron chi connectivity index (χ4n) is 0.807. The molecule has 0 aromatic carbocycles. The van der Waals surface area contributed by atoms with Crippen molar-refractivity contribution < 1.29 is 45.1 Å². The molecule has 0 bridgehead atoms. The van der Waals surface area contributed by atoms with Crippen LogP contribution in [0.15, 0.2) is 0 Å². The Kier molecular flexibility index (Phi) is 4.72. The lowest BCUT2D eigenvalue weighted by molar-refractivity contribution is -0.343. The van der Waals surface area contributed by atoms with Gasteiger partial charge in [0.15, 0.2) is 0 Å². The SMILES string of the molecule is CCOC(=O)CC(=O)C(F)(F)C(F)(F)C(F)(F)F. The van der Waals surface area contributed by atoms with Crippen molar-refractivity contribution in [3.05, 3.63) is 0 Å². The molecule has 3 nitrogen and oxygen atoms in total. The van der Waals surface area contributed by atoms with Gasteiger partial charge in [0, 0.05) is 0 Å². The minimum atomic E-state index is -6.61. The Labute approximate surface area is 95.9 Å². The number of ether oxygens (including phenoxy) is 1. The molecule has 0 aliphatic carbocycles. The molecule has 0 spiro atoms. The highest BCUT2D eigenvalue weighted by molar-refractivity contribution is 6.00. The number of hydrogen-bond donors (Lipinski definition) is 0. The summed E-state index contributed by atoms with van der Waals surface area (Å²) in [7, 11) is 0. The number of carbonyl (C=O) groups excluding carboxylic acids is 2. The summed E-state index contributed by atoms with van der Waals surface area (Å²) in [5.74, 6) is -17.1. The Morgan fingerprint density at radius 3 is 1.78 bits per heavy atom. The van der Waals surface area contributed by atoms with Gasteiger partial charge in [-0.1, -0.05) is 0 Å². The molecule has 0 rings (SSSR count). The molecule has 0 saturated carbocycles. The number of ketones is 1. The highest BCUT2D eigenvalue weighted by Gasteiger charge is 2.75. The quantitative estimate of drug-likeness (QED) is 0.442. The van der Waals surface area contributed by atoms with Gasteiger partial charge in [-0.25, -0.2) is 0 Å². The first-order chi connectivity index (χ1) is 7.88. The van der Waals surface area contributed by atoms with Crippen LogP contribution in [0.3, 0.4) is 0 Å². The van der Waals surface area contributed by atoms with E-state index in [1.165, 1.54) is 6.92 Å². The van der Waals surface area contributed by atoms with Gasteiger partial charge in [0.25, 0.3) is 0 Å². The van der Waals surface area contributed by atoms with E-state index in [0.29, 0.717) is 0 Å². The lowest BCUT2D eigenvalue weighted by atomic mass is 10.0. The van der Waals surface area contributed by atoms with E-state index in [0.717, 1.165) is 0 Å². The first-order valence-corrected chi connectivity index (χ1v) is 4.39. The van der Waals surface area contributed by atoms with Gasteiger partial charge in [0.2, 0.25) is 5.78 Å². The van der Waals surface area contributed by atoms with E-state index < -0.39 is 36.2 Å². The third-order valence-electron chi connectivity index (χ3n) is 1.71. The Bertz CT molecular complexity index is 334. The van der Waals surface area contributed by atoms with Crippen molar-refractivity contribution >= 4 is 11.8 Å². The van der Waals surface area contributed by atoms with E-state index in [1.807, 2.05) is 0 Å². The molecule has 0 atom stereocenters. The van der Waals surface area contributed by atoms with E-state index >= 15 is 0 Å². The van der Waals surface area contributed by atoms with E-state index in [1.54, 1.807) is 0 Å². The molecule has 106 valence electrons. The summed E-state index contributed by atoms with van der Waals surface area (Å²) in [4.78, 5) is 21.2. The van der Waals surface area contributed by atoms with Crippen LogP contribution >= 0.6 is 0 Å². The second-order valence-corrected chi connectivity index (χ2v) is 3.05. The monoisotopic (exact) mass is 284 g/mol. The molecular formula is C8H7F7O3. The molecule has 0 aromatic rings. The third-order valence-corrected chi connectivity index (χ3v) is 1.71. The van der Waals surface area contributed by atoms with Crippen LogP contribution < -0.4 is 0 Å².